The molecule has 2 nitrogen and oxygen atoms in total. The lowest BCUT2D eigenvalue weighted by molar-refractivity contribution is 0.254. The van der Waals surface area contributed by atoms with Gasteiger partial charge in [-0.1, -0.05) is 33.8 Å². The van der Waals surface area contributed by atoms with E-state index in [-0.39, 0.29) is 4.75 Å². The number of rotatable bonds is 4. The molecule has 106 valence electrons. The summed E-state index contributed by atoms with van der Waals surface area (Å²) in [5.74, 6) is 0. The summed E-state index contributed by atoms with van der Waals surface area (Å²) in [6.45, 7) is 11.5. The number of thioether (sulfide) groups is 1. The van der Waals surface area contributed by atoms with E-state index in [1.807, 2.05) is 18.0 Å². The van der Waals surface area contributed by atoms with E-state index in [1.165, 1.54) is 42.9 Å². The Morgan fingerprint density at radius 3 is 2.89 bits per heavy atom. The lowest BCUT2D eigenvalue weighted by Gasteiger charge is -2.27. The van der Waals surface area contributed by atoms with Gasteiger partial charge in [0.2, 0.25) is 0 Å². The summed E-state index contributed by atoms with van der Waals surface area (Å²) in [5, 5.41) is 1.23. The molecule has 0 saturated carbocycles. The largest absolute Gasteiger partial charge is 0.296 e. The second kappa shape index (κ2) is 6.27. The summed E-state index contributed by atoms with van der Waals surface area (Å²) in [7, 11) is 0. The number of likely N-dealkylation sites (tertiary alicyclic amines) is 1. The number of hydrogen-bond acceptors (Lipinski definition) is 3. The van der Waals surface area contributed by atoms with Gasteiger partial charge in [0.15, 0.2) is 0 Å². The summed E-state index contributed by atoms with van der Waals surface area (Å²) in [5.41, 5.74) is 1.44. The van der Waals surface area contributed by atoms with Crippen molar-refractivity contribution in [2.75, 3.05) is 13.1 Å². The van der Waals surface area contributed by atoms with E-state index in [1.54, 1.807) is 0 Å². The monoisotopic (exact) mass is 278 g/mol. The van der Waals surface area contributed by atoms with Crippen molar-refractivity contribution < 1.29 is 0 Å². The molecule has 1 aliphatic rings. The van der Waals surface area contributed by atoms with Crippen molar-refractivity contribution in [3.63, 3.8) is 0 Å². The maximum absolute atomic E-state index is 4.64. The van der Waals surface area contributed by atoms with Gasteiger partial charge in [-0.25, -0.2) is 4.98 Å². The van der Waals surface area contributed by atoms with Gasteiger partial charge in [0.25, 0.3) is 0 Å². The maximum Gasteiger partial charge on any atom is 0.101 e. The Bertz CT molecular complexity index is 411. The van der Waals surface area contributed by atoms with Gasteiger partial charge < -0.3 is 0 Å². The first-order valence-corrected chi connectivity index (χ1v) is 8.21. The van der Waals surface area contributed by atoms with Crippen molar-refractivity contribution in [2.24, 2.45) is 0 Å². The molecule has 1 aromatic heterocycles. The van der Waals surface area contributed by atoms with Gasteiger partial charge in [-0.15, -0.1) is 11.8 Å². The molecule has 0 spiro atoms. The molecule has 0 aliphatic carbocycles. The maximum atomic E-state index is 4.64. The fourth-order valence-corrected chi connectivity index (χ4v) is 3.78. The van der Waals surface area contributed by atoms with Crippen LogP contribution in [0.3, 0.4) is 0 Å². The van der Waals surface area contributed by atoms with E-state index in [4.69, 9.17) is 0 Å². The Morgan fingerprint density at radius 1 is 1.42 bits per heavy atom. The van der Waals surface area contributed by atoms with Gasteiger partial charge in [0, 0.05) is 22.5 Å². The fraction of sp³-hybridized carbons (Fsp3) is 0.688. The van der Waals surface area contributed by atoms with Crippen LogP contribution in [0.4, 0.5) is 0 Å². The van der Waals surface area contributed by atoms with Gasteiger partial charge in [0.05, 0.1) is 0 Å². The molecule has 1 atom stereocenters. The molecule has 0 bridgehead atoms. The number of pyridine rings is 1. The third kappa shape index (κ3) is 3.96. The predicted octanol–water partition coefficient (Wildman–Crippen LogP) is 4.52. The Morgan fingerprint density at radius 2 is 2.21 bits per heavy atom. The molecule has 0 N–H and O–H groups in total. The molecule has 3 heteroatoms. The van der Waals surface area contributed by atoms with Crippen molar-refractivity contribution >= 4 is 11.8 Å². The molecule has 0 unspecified atom stereocenters. The lowest BCUT2D eigenvalue weighted by Crippen LogP contribution is -2.24. The quantitative estimate of drug-likeness (QED) is 0.753. The van der Waals surface area contributed by atoms with Crippen LogP contribution in [-0.2, 0) is 0 Å². The van der Waals surface area contributed by atoms with Crippen LogP contribution < -0.4 is 0 Å². The van der Waals surface area contributed by atoms with E-state index >= 15 is 0 Å². The van der Waals surface area contributed by atoms with Crippen LogP contribution in [0.2, 0.25) is 0 Å². The molecule has 1 saturated heterocycles. The lowest BCUT2D eigenvalue weighted by atomic mass is 10.1. The highest BCUT2D eigenvalue weighted by atomic mass is 32.2. The minimum Gasteiger partial charge on any atom is -0.296 e. The van der Waals surface area contributed by atoms with Crippen molar-refractivity contribution in [3.8, 4) is 0 Å². The Kier molecular flexibility index (Phi) is 4.91. The van der Waals surface area contributed by atoms with E-state index in [0.717, 1.165) is 0 Å². The summed E-state index contributed by atoms with van der Waals surface area (Å²) in [6, 6.07) is 4.95. The molecule has 0 aromatic carbocycles. The highest BCUT2D eigenvalue weighted by Gasteiger charge is 2.28. The number of aromatic nitrogens is 1. The topological polar surface area (TPSA) is 16.1 Å². The number of nitrogens with zero attached hydrogens (tertiary/aromatic N) is 2. The third-order valence-electron chi connectivity index (χ3n) is 3.44. The summed E-state index contributed by atoms with van der Waals surface area (Å²) >= 11 is 1.90. The van der Waals surface area contributed by atoms with Gasteiger partial charge in [-0.2, -0.15) is 0 Å². The highest BCUT2D eigenvalue weighted by molar-refractivity contribution is 8.00. The Labute approximate surface area is 122 Å². The molecule has 19 heavy (non-hydrogen) atoms. The first kappa shape index (κ1) is 14.9. The standard InChI is InChI=1S/C16H26N2S/c1-5-11-18-12-7-9-14(18)13-8-6-10-17-15(13)19-16(2,3)4/h6,8,10,14H,5,7,9,11-12H2,1-4H3/t14-/m0/s1. The Balaban J connectivity index is 2.23. The van der Waals surface area contributed by atoms with Crippen LogP contribution in [-0.4, -0.2) is 27.7 Å². The molecule has 1 aromatic rings. The van der Waals surface area contributed by atoms with Crippen LogP contribution in [0.25, 0.3) is 0 Å². The Hall–Kier alpha value is -0.540. The molecular formula is C16H26N2S. The van der Waals surface area contributed by atoms with Crippen molar-refractivity contribution in [1.29, 1.82) is 0 Å². The predicted molar refractivity (Wildman–Crippen MR) is 83.7 cm³/mol. The van der Waals surface area contributed by atoms with Crippen LogP contribution in [0.15, 0.2) is 23.4 Å². The smallest absolute Gasteiger partial charge is 0.101 e. The molecular weight excluding hydrogens is 252 g/mol. The van der Waals surface area contributed by atoms with Crippen LogP contribution >= 0.6 is 11.8 Å². The normalized spacial score (nSPS) is 20.9. The van der Waals surface area contributed by atoms with Gasteiger partial charge in [-0.05, 0) is 38.4 Å². The second-order valence-electron chi connectivity index (χ2n) is 6.31. The number of hydrogen-bond donors (Lipinski definition) is 0. The summed E-state index contributed by atoms with van der Waals surface area (Å²) < 4.78 is 0.220. The van der Waals surface area contributed by atoms with Crippen molar-refractivity contribution in [1.82, 2.24) is 9.88 Å². The molecule has 2 rings (SSSR count). The van der Waals surface area contributed by atoms with Crippen molar-refractivity contribution in [3.05, 3.63) is 23.9 Å². The van der Waals surface area contributed by atoms with Gasteiger partial charge in [-0.3, -0.25) is 4.90 Å². The average Bonchev–Trinajstić information content (AvgIpc) is 2.76. The third-order valence-corrected chi connectivity index (χ3v) is 4.58. The first-order valence-electron chi connectivity index (χ1n) is 7.39. The zero-order valence-corrected chi connectivity index (χ0v) is 13.5. The zero-order chi connectivity index (χ0) is 13.9. The first-order chi connectivity index (χ1) is 9.01. The van der Waals surface area contributed by atoms with Gasteiger partial charge in [0.1, 0.15) is 5.03 Å². The highest BCUT2D eigenvalue weighted by Crippen LogP contribution is 2.39. The van der Waals surface area contributed by atoms with E-state index in [9.17, 15) is 0 Å². The van der Waals surface area contributed by atoms with E-state index in [2.05, 4.69) is 49.7 Å². The molecule has 1 aliphatic heterocycles. The zero-order valence-electron chi connectivity index (χ0n) is 12.6. The molecule has 0 amide bonds. The fourth-order valence-electron chi connectivity index (χ4n) is 2.77. The van der Waals surface area contributed by atoms with Crippen LogP contribution in [0.1, 0.15) is 58.6 Å². The van der Waals surface area contributed by atoms with E-state index < -0.39 is 0 Å². The summed E-state index contributed by atoms with van der Waals surface area (Å²) in [6.07, 6.45) is 5.76. The molecule has 2 heterocycles. The van der Waals surface area contributed by atoms with Crippen LogP contribution in [0, 0.1) is 0 Å². The second-order valence-corrected chi connectivity index (χ2v) is 8.12. The summed E-state index contributed by atoms with van der Waals surface area (Å²) in [4.78, 5) is 7.27. The average molecular weight is 278 g/mol. The molecule has 1 fully saturated rings. The van der Waals surface area contributed by atoms with Crippen molar-refractivity contribution in [2.45, 2.75) is 62.8 Å². The minimum absolute atomic E-state index is 0.220. The SMILES string of the molecule is CCCN1CCC[C@H]1c1cccnc1SC(C)(C)C. The van der Waals surface area contributed by atoms with Gasteiger partial charge >= 0.3 is 0 Å². The molecule has 0 radical (unpaired) electrons. The van der Waals surface area contributed by atoms with E-state index in [0.29, 0.717) is 6.04 Å². The minimum atomic E-state index is 0.220. The van der Waals surface area contributed by atoms with Crippen LogP contribution in [0.5, 0.6) is 0 Å².